The van der Waals surface area contributed by atoms with E-state index in [1.807, 2.05) is 6.92 Å². The van der Waals surface area contributed by atoms with E-state index in [2.05, 4.69) is 4.98 Å². The highest BCUT2D eigenvalue weighted by Crippen LogP contribution is 2.06. The van der Waals surface area contributed by atoms with E-state index in [0.717, 1.165) is 5.56 Å². The van der Waals surface area contributed by atoms with Crippen molar-refractivity contribution < 1.29 is 4.79 Å². The SMILES string of the molecule is CCC(=O)C(C)n1cc(C)cnc1=O. The minimum Gasteiger partial charge on any atom is -0.297 e. The number of ketones is 1. The number of Topliss-reactive ketones (excluding diaryl/α,β-unsaturated/α-hetero) is 1. The Morgan fingerprint density at radius 2 is 2.29 bits per heavy atom. The van der Waals surface area contributed by atoms with Crippen molar-refractivity contribution >= 4 is 5.78 Å². The van der Waals surface area contributed by atoms with E-state index in [1.54, 1.807) is 20.0 Å². The largest absolute Gasteiger partial charge is 0.348 e. The van der Waals surface area contributed by atoms with E-state index < -0.39 is 6.04 Å². The molecule has 0 aliphatic heterocycles. The number of hydrogen-bond donors (Lipinski definition) is 0. The highest BCUT2D eigenvalue weighted by Gasteiger charge is 2.13. The molecule has 76 valence electrons. The second-order valence-corrected chi connectivity index (χ2v) is 3.32. The molecular weight excluding hydrogens is 180 g/mol. The van der Waals surface area contributed by atoms with Crippen molar-refractivity contribution in [2.45, 2.75) is 33.2 Å². The molecule has 0 amide bonds. The van der Waals surface area contributed by atoms with Gasteiger partial charge in [-0.3, -0.25) is 9.36 Å². The van der Waals surface area contributed by atoms with Gasteiger partial charge < -0.3 is 0 Å². The van der Waals surface area contributed by atoms with Gasteiger partial charge in [0.05, 0.1) is 6.04 Å². The van der Waals surface area contributed by atoms with E-state index >= 15 is 0 Å². The Morgan fingerprint density at radius 1 is 1.64 bits per heavy atom. The zero-order chi connectivity index (χ0) is 10.7. The quantitative estimate of drug-likeness (QED) is 0.723. The second-order valence-electron chi connectivity index (χ2n) is 3.32. The number of aromatic nitrogens is 2. The van der Waals surface area contributed by atoms with Gasteiger partial charge in [-0.05, 0) is 19.4 Å². The molecule has 0 aliphatic carbocycles. The molecule has 0 radical (unpaired) electrons. The summed E-state index contributed by atoms with van der Waals surface area (Å²) in [5.41, 5.74) is 0.505. The average molecular weight is 194 g/mol. The molecule has 1 aromatic heterocycles. The summed E-state index contributed by atoms with van der Waals surface area (Å²) in [6.45, 7) is 5.34. The molecule has 4 heteroatoms. The molecular formula is C10H14N2O2. The van der Waals surface area contributed by atoms with Crippen LogP contribution in [0.15, 0.2) is 17.2 Å². The molecule has 1 heterocycles. The molecule has 1 atom stereocenters. The minimum atomic E-state index is -0.417. The molecule has 0 N–H and O–H groups in total. The van der Waals surface area contributed by atoms with Crippen LogP contribution < -0.4 is 5.69 Å². The number of hydrogen-bond acceptors (Lipinski definition) is 3. The van der Waals surface area contributed by atoms with Crippen LogP contribution in [0.3, 0.4) is 0 Å². The molecule has 14 heavy (non-hydrogen) atoms. The first-order valence-electron chi connectivity index (χ1n) is 4.63. The Bertz CT molecular complexity index is 395. The summed E-state index contributed by atoms with van der Waals surface area (Å²) in [6.07, 6.45) is 3.59. The van der Waals surface area contributed by atoms with Gasteiger partial charge in [-0.1, -0.05) is 6.92 Å². The first-order chi connectivity index (χ1) is 6.56. The van der Waals surface area contributed by atoms with Crippen molar-refractivity contribution in [3.63, 3.8) is 0 Å². The Hall–Kier alpha value is -1.45. The van der Waals surface area contributed by atoms with Crippen LogP contribution in [-0.4, -0.2) is 15.3 Å². The van der Waals surface area contributed by atoms with Crippen LogP contribution in [0.4, 0.5) is 0 Å². The van der Waals surface area contributed by atoms with Gasteiger partial charge in [0.25, 0.3) is 0 Å². The smallest absolute Gasteiger partial charge is 0.297 e. The van der Waals surface area contributed by atoms with E-state index in [0.29, 0.717) is 6.42 Å². The van der Waals surface area contributed by atoms with Crippen LogP contribution >= 0.6 is 0 Å². The van der Waals surface area contributed by atoms with E-state index in [4.69, 9.17) is 0 Å². The molecule has 0 aliphatic rings. The number of nitrogens with zero attached hydrogens (tertiary/aromatic N) is 2. The molecule has 0 fully saturated rings. The standard InChI is InChI=1S/C10H14N2O2/c1-4-9(13)8(3)12-6-7(2)5-11-10(12)14/h5-6,8H,4H2,1-3H3. The van der Waals surface area contributed by atoms with Gasteiger partial charge in [0, 0.05) is 18.8 Å². The highest BCUT2D eigenvalue weighted by molar-refractivity contribution is 5.81. The topological polar surface area (TPSA) is 52.0 Å². The van der Waals surface area contributed by atoms with Gasteiger partial charge in [0.15, 0.2) is 5.78 Å². The van der Waals surface area contributed by atoms with Crippen LogP contribution in [-0.2, 0) is 4.79 Å². The summed E-state index contributed by atoms with van der Waals surface area (Å²) in [7, 11) is 0. The first kappa shape index (κ1) is 10.6. The van der Waals surface area contributed by atoms with Gasteiger partial charge in [-0.25, -0.2) is 9.78 Å². The maximum absolute atomic E-state index is 11.4. The van der Waals surface area contributed by atoms with Crippen molar-refractivity contribution in [3.05, 3.63) is 28.4 Å². The summed E-state index contributed by atoms with van der Waals surface area (Å²) in [5, 5.41) is 0. The lowest BCUT2D eigenvalue weighted by Gasteiger charge is -2.12. The van der Waals surface area contributed by atoms with E-state index in [9.17, 15) is 9.59 Å². The van der Waals surface area contributed by atoms with Gasteiger partial charge in [0.2, 0.25) is 0 Å². The second kappa shape index (κ2) is 4.17. The lowest BCUT2D eigenvalue weighted by molar-refractivity contribution is -0.121. The van der Waals surface area contributed by atoms with E-state index in [-0.39, 0.29) is 11.5 Å². The lowest BCUT2D eigenvalue weighted by atomic mass is 10.1. The van der Waals surface area contributed by atoms with Crippen LogP contribution in [0.5, 0.6) is 0 Å². The highest BCUT2D eigenvalue weighted by atomic mass is 16.2. The fraction of sp³-hybridized carbons (Fsp3) is 0.500. The van der Waals surface area contributed by atoms with Crippen molar-refractivity contribution in [3.8, 4) is 0 Å². The Labute approximate surface area is 82.6 Å². The maximum atomic E-state index is 11.4. The predicted octanol–water partition coefficient (Wildman–Crippen LogP) is 1.09. The fourth-order valence-corrected chi connectivity index (χ4v) is 1.26. The first-order valence-corrected chi connectivity index (χ1v) is 4.63. The minimum absolute atomic E-state index is 0.0412. The van der Waals surface area contributed by atoms with Gasteiger partial charge in [0.1, 0.15) is 0 Å². The molecule has 4 nitrogen and oxygen atoms in total. The van der Waals surface area contributed by atoms with Crippen LogP contribution in [0.1, 0.15) is 31.9 Å². The molecule has 1 aromatic rings. The van der Waals surface area contributed by atoms with Gasteiger partial charge in [-0.2, -0.15) is 0 Å². The summed E-state index contributed by atoms with van der Waals surface area (Å²) >= 11 is 0. The maximum Gasteiger partial charge on any atom is 0.348 e. The summed E-state index contributed by atoms with van der Waals surface area (Å²) in [6, 6.07) is -0.417. The molecule has 1 unspecified atom stereocenters. The summed E-state index contributed by atoms with van der Waals surface area (Å²) in [5.74, 6) is 0.0412. The third kappa shape index (κ3) is 2.07. The molecule has 0 bridgehead atoms. The molecule has 0 spiro atoms. The number of rotatable bonds is 3. The monoisotopic (exact) mass is 194 g/mol. The molecule has 1 rings (SSSR count). The fourth-order valence-electron chi connectivity index (χ4n) is 1.26. The van der Waals surface area contributed by atoms with Crippen molar-refractivity contribution in [2.75, 3.05) is 0 Å². The van der Waals surface area contributed by atoms with Gasteiger partial charge >= 0.3 is 5.69 Å². The lowest BCUT2D eigenvalue weighted by Crippen LogP contribution is -2.29. The Balaban J connectivity index is 3.12. The van der Waals surface area contributed by atoms with Crippen molar-refractivity contribution in [2.24, 2.45) is 0 Å². The number of carbonyl (C=O) groups is 1. The average Bonchev–Trinajstić information content (AvgIpc) is 2.19. The Morgan fingerprint density at radius 3 is 2.86 bits per heavy atom. The van der Waals surface area contributed by atoms with Crippen molar-refractivity contribution in [1.82, 2.24) is 9.55 Å². The summed E-state index contributed by atoms with van der Waals surface area (Å²) < 4.78 is 1.38. The zero-order valence-corrected chi connectivity index (χ0v) is 8.65. The molecule has 0 saturated heterocycles. The molecule has 0 saturated carbocycles. The number of aryl methyl sites for hydroxylation is 1. The van der Waals surface area contributed by atoms with Gasteiger partial charge in [-0.15, -0.1) is 0 Å². The third-order valence-electron chi connectivity index (χ3n) is 2.17. The Kier molecular flexibility index (Phi) is 3.17. The third-order valence-corrected chi connectivity index (χ3v) is 2.17. The molecule has 0 aromatic carbocycles. The summed E-state index contributed by atoms with van der Waals surface area (Å²) in [4.78, 5) is 26.4. The van der Waals surface area contributed by atoms with Crippen molar-refractivity contribution in [1.29, 1.82) is 0 Å². The number of carbonyl (C=O) groups excluding carboxylic acids is 1. The predicted molar refractivity (Wildman–Crippen MR) is 53.2 cm³/mol. The van der Waals surface area contributed by atoms with Crippen LogP contribution in [0.2, 0.25) is 0 Å². The van der Waals surface area contributed by atoms with Crippen LogP contribution in [0.25, 0.3) is 0 Å². The van der Waals surface area contributed by atoms with Crippen LogP contribution in [0, 0.1) is 6.92 Å². The zero-order valence-electron chi connectivity index (χ0n) is 8.65. The van der Waals surface area contributed by atoms with E-state index in [1.165, 1.54) is 10.8 Å². The normalized spacial score (nSPS) is 12.5.